The molecule has 6 heteroatoms. The highest BCUT2D eigenvalue weighted by Crippen LogP contribution is 2.17. The summed E-state index contributed by atoms with van der Waals surface area (Å²) in [4.78, 5) is 25.7. The molecule has 138 valence electrons. The number of anilines is 2. The molecular formula is C20H24FN3O2. The third-order valence-electron chi connectivity index (χ3n) is 3.82. The zero-order chi connectivity index (χ0) is 19.1. The van der Waals surface area contributed by atoms with Crippen LogP contribution >= 0.6 is 0 Å². The van der Waals surface area contributed by atoms with E-state index in [1.165, 1.54) is 29.8 Å². The molecule has 0 bridgehead atoms. The zero-order valence-electron chi connectivity index (χ0n) is 15.3. The summed E-state index contributed by atoms with van der Waals surface area (Å²) in [6, 6.07) is 13.2. The van der Waals surface area contributed by atoms with Crippen molar-refractivity contribution in [2.45, 2.75) is 19.8 Å². The van der Waals surface area contributed by atoms with Crippen LogP contribution in [0.3, 0.4) is 0 Å². The summed E-state index contributed by atoms with van der Waals surface area (Å²) in [5.74, 6) is -0.392. The van der Waals surface area contributed by atoms with Crippen molar-refractivity contribution in [2.24, 2.45) is 0 Å². The molecule has 0 aliphatic rings. The van der Waals surface area contributed by atoms with E-state index in [4.69, 9.17) is 0 Å². The summed E-state index contributed by atoms with van der Waals surface area (Å²) in [6.45, 7) is 4.36. The van der Waals surface area contributed by atoms with Crippen LogP contribution < -0.4 is 10.6 Å². The number of carbonyl (C=O) groups excluding carboxylic acids is 2. The zero-order valence-corrected chi connectivity index (χ0v) is 15.3. The van der Waals surface area contributed by atoms with Gasteiger partial charge in [-0.25, -0.2) is 4.39 Å². The van der Waals surface area contributed by atoms with E-state index in [9.17, 15) is 14.0 Å². The Balaban J connectivity index is 1.78. The first-order valence-electron chi connectivity index (χ1n) is 8.47. The fourth-order valence-electron chi connectivity index (χ4n) is 2.43. The molecule has 0 unspecified atom stereocenters. The van der Waals surface area contributed by atoms with Crippen LogP contribution in [0.4, 0.5) is 15.8 Å². The minimum atomic E-state index is -0.363. The summed E-state index contributed by atoms with van der Waals surface area (Å²) in [5, 5.41) is 5.47. The smallest absolute Gasteiger partial charge is 0.238 e. The van der Waals surface area contributed by atoms with Crippen molar-refractivity contribution in [3.63, 3.8) is 0 Å². The van der Waals surface area contributed by atoms with Gasteiger partial charge in [-0.1, -0.05) is 26.0 Å². The fraction of sp³-hybridized carbons (Fsp3) is 0.300. The van der Waals surface area contributed by atoms with Crippen molar-refractivity contribution in [3.8, 4) is 0 Å². The van der Waals surface area contributed by atoms with Crippen molar-refractivity contribution in [2.75, 3.05) is 30.8 Å². The second kappa shape index (κ2) is 9.10. The second-order valence-corrected chi connectivity index (χ2v) is 6.55. The maximum absolute atomic E-state index is 12.9. The largest absolute Gasteiger partial charge is 0.325 e. The third-order valence-corrected chi connectivity index (χ3v) is 3.82. The molecule has 0 saturated heterocycles. The summed E-state index contributed by atoms with van der Waals surface area (Å²) in [5.41, 5.74) is 2.45. The maximum atomic E-state index is 12.9. The lowest BCUT2D eigenvalue weighted by atomic mass is 10.0. The minimum absolute atomic E-state index is 0.0527. The Labute approximate surface area is 153 Å². The van der Waals surface area contributed by atoms with Crippen LogP contribution in [0, 0.1) is 5.82 Å². The van der Waals surface area contributed by atoms with Crippen LogP contribution in [0.1, 0.15) is 25.3 Å². The topological polar surface area (TPSA) is 61.4 Å². The number of hydrogen-bond donors (Lipinski definition) is 2. The van der Waals surface area contributed by atoms with Gasteiger partial charge in [0.1, 0.15) is 5.82 Å². The first kappa shape index (κ1) is 19.6. The minimum Gasteiger partial charge on any atom is -0.325 e. The van der Waals surface area contributed by atoms with Crippen molar-refractivity contribution < 1.29 is 14.0 Å². The van der Waals surface area contributed by atoms with Crippen LogP contribution in [0.5, 0.6) is 0 Å². The molecule has 2 N–H and O–H groups in total. The van der Waals surface area contributed by atoms with Gasteiger partial charge in [-0.3, -0.25) is 14.5 Å². The molecule has 0 atom stereocenters. The van der Waals surface area contributed by atoms with Crippen LogP contribution in [0.15, 0.2) is 48.5 Å². The molecular weight excluding hydrogens is 333 g/mol. The van der Waals surface area contributed by atoms with Gasteiger partial charge in [-0.05, 0) is 54.9 Å². The maximum Gasteiger partial charge on any atom is 0.238 e. The lowest BCUT2D eigenvalue weighted by molar-refractivity contribution is -0.119. The fourth-order valence-corrected chi connectivity index (χ4v) is 2.43. The van der Waals surface area contributed by atoms with Gasteiger partial charge in [0, 0.05) is 11.4 Å². The van der Waals surface area contributed by atoms with Gasteiger partial charge < -0.3 is 10.6 Å². The lowest BCUT2D eigenvalue weighted by Crippen LogP contribution is -2.36. The highest BCUT2D eigenvalue weighted by atomic mass is 19.1. The Morgan fingerprint density at radius 3 is 1.73 bits per heavy atom. The molecule has 0 aromatic heterocycles. The number of hydrogen-bond acceptors (Lipinski definition) is 3. The van der Waals surface area contributed by atoms with Gasteiger partial charge in [0.05, 0.1) is 13.1 Å². The SMILES string of the molecule is CC(C)c1ccc(NC(=O)CN(C)CC(=O)Nc2ccc(F)cc2)cc1. The van der Waals surface area contributed by atoms with Crippen LogP contribution in [0.2, 0.25) is 0 Å². The molecule has 0 radical (unpaired) electrons. The van der Waals surface area contributed by atoms with E-state index in [0.29, 0.717) is 11.6 Å². The number of rotatable bonds is 7. The van der Waals surface area contributed by atoms with Gasteiger partial charge in [0.2, 0.25) is 11.8 Å². The molecule has 0 aliphatic carbocycles. The van der Waals surface area contributed by atoms with Crippen molar-refractivity contribution in [1.29, 1.82) is 0 Å². The molecule has 5 nitrogen and oxygen atoms in total. The Kier molecular flexibility index (Phi) is 6.86. The van der Waals surface area contributed by atoms with Gasteiger partial charge in [-0.15, -0.1) is 0 Å². The Bertz CT molecular complexity index is 743. The molecule has 0 spiro atoms. The average Bonchev–Trinajstić information content (AvgIpc) is 2.57. The van der Waals surface area contributed by atoms with Crippen molar-refractivity contribution >= 4 is 23.2 Å². The number of likely N-dealkylation sites (N-methyl/N-ethyl adjacent to an activating group) is 1. The molecule has 26 heavy (non-hydrogen) atoms. The van der Waals surface area contributed by atoms with Crippen LogP contribution in [0.25, 0.3) is 0 Å². The van der Waals surface area contributed by atoms with E-state index < -0.39 is 0 Å². The van der Waals surface area contributed by atoms with E-state index in [-0.39, 0.29) is 30.7 Å². The highest BCUT2D eigenvalue weighted by Gasteiger charge is 2.11. The summed E-state index contributed by atoms with van der Waals surface area (Å²) in [6.07, 6.45) is 0. The van der Waals surface area contributed by atoms with Gasteiger partial charge in [-0.2, -0.15) is 0 Å². The molecule has 0 aliphatic heterocycles. The highest BCUT2D eigenvalue weighted by molar-refractivity contribution is 5.94. The number of benzene rings is 2. The summed E-state index contributed by atoms with van der Waals surface area (Å²) >= 11 is 0. The number of amides is 2. The Morgan fingerprint density at radius 2 is 1.31 bits per heavy atom. The van der Waals surface area contributed by atoms with Crippen molar-refractivity contribution in [1.82, 2.24) is 4.90 Å². The van der Waals surface area contributed by atoms with E-state index in [1.54, 1.807) is 11.9 Å². The monoisotopic (exact) mass is 357 g/mol. The first-order chi connectivity index (χ1) is 12.3. The molecule has 0 fully saturated rings. The molecule has 0 heterocycles. The first-order valence-corrected chi connectivity index (χ1v) is 8.47. The normalized spacial score (nSPS) is 10.8. The third kappa shape index (κ3) is 6.29. The number of nitrogens with zero attached hydrogens (tertiary/aromatic N) is 1. The lowest BCUT2D eigenvalue weighted by Gasteiger charge is -2.16. The number of halogens is 1. The van der Waals surface area contributed by atoms with E-state index in [0.717, 1.165) is 5.69 Å². The summed E-state index contributed by atoms with van der Waals surface area (Å²) in [7, 11) is 1.69. The number of carbonyl (C=O) groups is 2. The van der Waals surface area contributed by atoms with E-state index >= 15 is 0 Å². The molecule has 2 aromatic rings. The van der Waals surface area contributed by atoms with Gasteiger partial charge >= 0.3 is 0 Å². The average molecular weight is 357 g/mol. The van der Waals surface area contributed by atoms with Crippen molar-refractivity contribution in [3.05, 3.63) is 59.9 Å². The molecule has 2 amide bonds. The number of nitrogens with one attached hydrogen (secondary N) is 2. The van der Waals surface area contributed by atoms with E-state index in [1.807, 2.05) is 24.3 Å². The van der Waals surface area contributed by atoms with Crippen LogP contribution in [-0.2, 0) is 9.59 Å². The molecule has 2 rings (SSSR count). The Morgan fingerprint density at radius 1 is 0.885 bits per heavy atom. The van der Waals surface area contributed by atoms with E-state index in [2.05, 4.69) is 24.5 Å². The molecule has 2 aromatic carbocycles. The predicted octanol–water partition coefficient (Wildman–Crippen LogP) is 3.46. The summed E-state index contributed by atoms with van der Waals surface area (Å²) < 4.78 is 12.9. The quantitative estimate of drug-likeness (QED) is 0.798. The predicted molar refractivity (Wildman–Crippen MR) is 102 cm³/mol. The van der Waals surface area contributed by atoms with Gasteiger partial charge in [0.15, 0.2) is 0 Å². The molecule has 0 saturated carbocycles. The Hall–Kier alpha value is -2.73. The standard InChI is InChI=1S/C20H24FN3O2/c1-14(2)15-4-8-17(9-5-15)22-19(25)12-24(3)13-20(26)23-18-10-6-16(21)7-11-18/h4-11,14H,12-13H2,1-3H3,(H,22,25)(H,23,26). The second-order valence-electron chi connectivity index (χ2n) is 6.55. The van der Waals surface area contributed by atoms with Crippen LogP contribution in [-0.4, -0.2) is 36.9 Å². The van der Waals surface area contributed by atoms with Gasteiger partial charge in [0.25, 0.3) is 0 Å².